The molecule has 106 valence electrons. The van der Waals surface area contributed by atoms with Crippen LogP contribution in [-0.2, 0) is 14.3 Å². The van der Waals surface area contributed by atoms with E-state index in [9.17, 15) is 9.59 Å². The lowest BCUT2D eigenvalue weighted by Gasteiger charge is -2.21. The smallest absolute Gasteiger partial charge is 0.319 e. The number of fused-ring (bicyclic) bond motifs is 1. The molecule has 1 heterocycles. The minimum absolute atomic E-state index is 0.0894. The van der Waals surface area contributed by atoms with Crippen molar-refractivity contribution in [2.24, 2.45) is 0 Å². The zero-order chi connectivity index (χ0) is 14.7. The number of hydrogen-bond acceptors (Lipinski definition) is 4. The molecule has 2 aromatic rings. The second-order valence-electron chi connectivity index (χ2n) is 4.63. The van der Waals surface area contributed by atoms with E-state index < -0.39 is 5.25 Å². The van der Waals surface area contributed by atoms with Gasteiger partial charge < -0.3 is 9.72 Å². The number of aromatic amines is 1. The highest BCUT2D eigenvalue weighted by atomic mass is 32.2. The number of carbonyl (C=O) groups excluding carboxylic acids is 2. The molecule has 0 aliphatic rings. The summed E-state index contributed by atoms with van der Waals surface area (Å²) in [6.07, 6.45) is 1.87. The Bertz CT molecular complexity index is 635. The van der Waals surface area contributed by atoms with Crippen molar-refractivity contribution in [1.29, 1.82) is 0 Å². The van der Waals surface area contributed by atoms with Crippen LogP contribution in [0.4, 0.5) is 0 Å². The molecule has 1 aromatic carbocycles. The number of H-pyrrole nitrogens is 1. The van der Waals surface area contributed by atoms with Crippen LogP contribution >= 0.6 is 11.8 Å². The summed E-state index contributed by atoms with van der Waals surface area (Å²) in [6, 6.07) is 7.89. The van der Waals surface area contributed by atoms with Crippen LogP contribution in [0.2, 0.25) is 0 Å². The lowest BCUT2D eigenvalue weighted by atomic mass is 9.94. The Morgan fingerprint density at radius 2 is 2.05 bits per heavy atom. The third kappa shape index (κ3) is 2.88. The molecule has 2 rings (SSSR count). The maximum Gasteiger partial charge on any atom is 0.319 e. The molecule has 0 fully saturated rings. The predicted molar refractivity (Wildman–Crippen MR) is 80.8 cm³/mol. The third-order valence-electron chi connectivity index (χ3n) is 3.30. The van der Waals surface area contributed by atoms with Gasteiger partial charge in [-0.25, -0.2) is 0 Å². The maximum absolute atomic E-state index is 11.9. The van der Waals surface area contributed by atoms with Gasteiger partial charge in [0.25, 0.3) is 0 Å². The molecule has 1 aromatic heterocycles. The van der Waals surface area contributed by atoms with Crippen molar-refractivity contribution < 1.29 is 14.3 Å². The first-order chi connectivity index (χ1) is 9.54. The van der Waals surface area contributed by atoms with E-state index in [1.807, 2.05) is 37.4 Å². The van der Waals surface area contributed by atoms with Crippen molar-refractivity contribution in [2.45, 2.75) is 25.0 Å². The van der Waals surface area contributed by atoms with Gasteiger partial charge in [0.05, 0.1) is 7.11 Å². The quantitative estimate of drug-likeness (QED) is 0.879. The first kappa shape index (κ1) is 14.7. The number of nitrogens with one attached hydrogen (secondary N) is 1. The molecule has 2 atom stereocenters. The summed E-state index contributed by atoms with van der Waals surface area (Å²) < 4.78 is 4.83. The summed E-state index contributed by atoms with van der Waals surface area (Å²) in [5.74, 6) is -0.485. The fourth-order valence-corrected chi connectivity index (χ4v) is 3.22. The van der Waals surface area contributed by atoms with E-state index in [1.54, 1.807) is 0 Å². The van der Waals surface area contributed by atoms with E-state index in [-0.39, 0.29) is 17.0 Å². The lowest BCUT2D eigenvalue weighted by Crippen LogP contribution is -2.26. The second-order valence-corrected chi connectivity index (χ2v) is 5.95. The number of carbonyl (C=O) groups is 2. The number of methoxy groups -OCH3 is 1. The van der Waals surface area contributed by atoms with Crippen LogP contribution in [0.3, 0.4) is 0 Å². The van der Waals surface area contributed by atoms with Gasteiger partial charge in [0.1, 0.15) is 5.25 Å². The van der Waals surface area contributed by atoms with Gasteiger partial charge in [0.15, 0.2) is 5.12 Å². The highest BCUT2D eigenvalue weighted by Gasteiger charge is 2.30. The SMILES string of the molecule is COC(=O)[C@H](SC(C)=O)[C@@H](C)c1cccc2[nH]ccc12. The second kappa shape index (κ2) is 6.13. The first-order valence-electron chi connectivity index (χ1n) is 6.35. The number of aromatic nitrogens is 1. The summed E-state index contributed by atoms with van der Waals surface area (Å²) in [5, 5.41) is 0.449. The molecule has 0 amide bonds. The van der Waals surface area contributed by atoms with Gasteiger partial charge in [-0.1, -0.05) is 30.8 Å². The average molecular weight is 291 g/mol. The fraction of sp³-hybridized carbons (Fsp3) is 0.333. The Labute approximate surface area is 121 Å². The molecule has 0 spiro atoms. The molecule has 5 heteroatoms. The Balaban J connectivity index is 2.40. The first-order valence-corrected chi connectivity index (χ1v) is 7.23. The molecule has 0 saturated heterocycles. The Kier molecular flexibility index (Phi) is 4.49. The molecule has 0 aliphatic carbocycles. The van der Waals surface area contributed by atoms with Crippen LogP contribution in [0.15, 0.2) is 30.5 Å². The molecule has 0 bridgehead atoms. The number of rotatable bonds is 4. The van der Waals surface area contributed by atoms with Crippen LogP contribution in [0.25, 0.3) is 10.9 Å². The summed E-state index contributed by atoms with van der Waals surface area (Å²) >= 11 is 1.02. The fourth-order valence-electron chi connectivity index (χ4n) is 2.32. The van der Waals surface area contributed by atoms with E-state index in [0.29, 0.717) is 0 Å². The van der Waals surface area contributed by atoms with E-state index in [1.165, 1.54) is 14.0 Å². The Hall–Kier alpha value is -1.75. The van der Waals surface area contributed by atoms with Crippen molar-refractivity contribution in [3.63, 3.8) is 0 Å². The largest absolute Gasteiger partial charge is 0.468 e. The van der Waals surface area contributed by atoms with Crippen LogP contribution in [0.5, 0.6) is 0 Å². The average Bonchev–Trinajstić information content (AvgIpc) is 2.91. The van der Waals surface area contributed by atoms with Crippen molar-refractivity contribution in [3.05, 3.63) is 36.0 Å². The minimum atomic E-state index is -0.530. The molecular formula is C15H17NO3S. The monoisotopic (exact) mass is 291 g/mol. The van der Waals surface area contributed by atoms with Crippen molar-refractivity contribution >= 4 is 33.7 Å². The highest BCUT2D eigenvalue weighted by Crippen LogP contribution is 2.33. The Morgan fingerprint density at radius 3 is 2.70 bits per heavy atom. The van der Waals surface area contributed by atoms with E-state index in [4.69, 9.17) is 4.74 Å². The van der Waals surface area contributed by atoms with Crippen LogP contribution in [-0.4, -0.2) is 28.4 Å². The van der Waals surface area contributed by atoms with Gasteiger partial charge in [0, 0.05) is 29.9 Å². The number of ether oxygens (including phenoxy) is 1. The van der Waals surface area contributed by atoms with Crippen molar-refractivity contribution in [2.75, 3.05) is 7.11 Å². The summed E-state index contributed by atoms with van der Waals surface area (Å²) in [7, 11) is 1.35. The highest BCUT2D eigenvalue weighted by molar-refractivity contribution is 8.14. The third-order valence-corrected chi connectivity index (χ3v) is 4.49. The minimum Gasteiger partial charge on any atom is -0.468 e. The zero-order valence-corrected chi connectivity index (χ0v) is 12.5. The number of hydrogen-bond donors (Lipinski definition) is 1. The summed E-state index contributed by atoms with van der Waals surface area (Å²) in [5.41, 5.74) is 2.05. The molecule has 0 aliphatic heterocycles. The van der Waals surface area contributed by atoms with E-state index in [0.717, 1.165) is 28.2 Å². The standard InChI is InChI=1S/C15H17NO3S/c1-9(14(15(18)19-3)20-10(2)17)11-5-4-6-13-12(11)7-8-16-13/h4-9,14,16H,1-3H3/t9-,14+/m0/s1. The van der Waals surface area contributed by atoms with Crippen LogP contribution in [0.1, 0.15) is 25.3 Å². The predicted octanol–water partition coefficient (Wildman–Crippen LogP) is 3.09. The van der Waals surface area contributed by atoms with Gasteiger partial charge in [-0.2, -0.15) is 0 Å². The van der Waals surface area contributed by atoms with Crippen molar-refractivity contribution in [3.8, 4) is 0 Å². The molecule has 0 radical (unpaired) electrons. The van der Waals surface area contributed by atoms with Gasteiger partial charge in [-0.05, 0) is 17.7 Å². The lowest BCUT2D eigenvalue weighted by molar-refractivity contribution is -0.140. The Morgan fingerprint density at radius 1 is 1.30 bits per heavy atom. The van der Waals surface area contributed by atoms with E-state index >= 15 is 0 Å². The normalized spacial score (nSPS) is 13.9. The molecule has 20 heavy (non-hydrogen) atoms. The molecule has 0 saturated carbocycles. The van der Waals surface area contributed by atoms with Gasteiger partial charge >= 0.3 is 5.97 Å². The van der Waals surface area contributed by atoms with Gasteiger partial charge in [-0.15, -0.1) is 0 Å². The molecular weight excluding hydrogens is 274 g/mol. The van der Waals surface area contributed by atoms with Gasteiger partial charge in [0.2, 0.25) is 0 Å². The molecule has 1 N–H and O–H groups in total. The summed E-state index contributed by atoms with van der Waals surface area (Å²) in [4.78, 5) is 26.5. The molecule has 4 nitrogen and oxygen atoms in total. The number of thioether (sulfide) groups is 1. The van der Waals surface area contributed by atoms with Crippen LogP contribution in [0, 0.1) is 0 Å². The number of benzene rings is 1. The van der Waals surface area contributed by atoms with Crippen molar-refractivity contribution in [1.82, 2.24) is 4.98 Å². The van der Waals surface area contributed by atoms with Gasteiger partial charge in [-0.3, -0.25) is 9.59 Å². The van der Waals surface area contributed by atoms with E-state index in [2.05, 4.69) is 4.98 Å². The molecule has 0 unspecified atom stereocenters. The maximum atomic E-state index is 11.9. The summed E-state index contributed by atoms with van der Waals surface area (Å²) in [6.45, 7) is 3.41. The zero-order valence-electron chi connectivity index (χ0n) is 11.7. The number of esters is 1. The topological polar surface area (TPSA) is 59.2 Å². The van der Waals surface area contributed by atoms with Crippen LogP contribution < -0.4 is 0 Å².